The summed E-state index contributed by atoms with van der Waals surface area (Å²) in [5.74, 6) is 0.606. The maximum atomic E-state index is 11.4. The Labute approximate surface area is 140 Å². The van der Waals surface area contributed by atoms with Crippen LogP contribution in [0.2, 0.25) is 0 Å². The molecular weight excluding hydrogens is 340 g/mol. The molecule has 0 fully saturated rings. The second-order valence-corrected chi connectivity index (χ2v) is 5.94. The zero-order valence-corrected chi connectivity index (χ0v) is 13.3. The van der Waals surface area contributed by atoms with Crippen LogP contribution in [0, 0.1) is 10.2 Å². The molecule has 1 aromatic heterocycles. The van der Waals surface area contributed by atoms with E-state index in [9.17, 15) is 9.90 Å². The highest BCUT2D eigenvalue weighted by Crippen LogP contribution is 2.30. The van der Waals surface area contributed by atoms with Crippen LogP contribution in [0.1, 0.15) is 34.5 Å². The molecule has 0 spiro atoms. The smallest absolute Gasteiger partial charge is 0.361 e. The van der Waals surface area contributed by atoms with Gasteiger partial charge in [-0.1, -0.05) is 18.2 Å². The molecule has 1 heterocycles. The van der Waals surface area contributed by atoms with E-state index in [-0.39, 0.29) is 0 Å². The molecule has 0 saturated heterocycles. The van der Waals surface area contributed by atoms with Crippen LogP contribution in [0.3, 0.4) is 0 Å². The molecule has 1 aromatic carbocycles. The van der Waals surface area contributed by atoms with Crippen molar-refractivity contribution in [2.75, 3.05) is 0 Å². The average molecular weight is 355 g/mol. The summed E-state index contributed by atoms with van der Waals surface area (Å²) in [4.78, 5) is 11.4. The van der Waals surface area contributed by atoms with Crippen molar-refractivity contribution in [3.8, 4) is 11.3 Å². The molecule has 0 saturated carbocycles. The van der Waals surface area contributed by atoms with Gasteiger partial charge in [-0.2, -0.15) is 0 Å². The van der Waals surface area contributed by atoms with Crippen molar-refractivity contribution in [2.45, 2.75) is 25.7 Å². The third-order valence-corrected chi connectivity index (χ3v) is 3.54. The molecule has 0 unspecified atom stereocenters. The number of carboxylic acid groups (broad SMARTS) is 1. The van der Waals surface area contributed by atoms with Gasteiger partial charge in [0.1, 0.15) is 0 Å². The fraction of sp³-hybridized carbons (Fsp3) is 0.250. The highest BCUT2D eigenvalue weighted by molar-refractivity contribution is 5.90. The quantitative estimate of drug-likeness (QED) is 0.685. The lowest BCUT2D eigenvalue weighted by Gasteiger charge is -2.17. The molecule has 1 aliphatic carbocycles. The van der Waals surface area contributed by atoms with Gasteiger partial charge in [-0.05, 0) is 31.4 Å². The number of hydrogen-bond acceptors (Lipinski definition) is 5. The summed E-state index contributed by atoms with van der Waals surface area (Å²) in [5, 5.41) is 9.37. The topological polar surface area (TPSA) is 141 Å². The molecule has 0 amide bonds. The first-order valence-electron chi connectivity index (χ1n) is 7.15. The fourth-order valence-corrected chi connectivity index (χ4v) is 2.59. The monoisotopic (exact) mass is 354 g/mol. The predicted octanol–water partition coefficient (Wildman–Crippen LogP) is -0.951. The van der Waals surface area contributed by atoms with Crippen molar-refractivity contribution in [2.24, 2.45) is 0 Å². The maximum Gasteiger partial charge on any atom is 0.361 e. The van der Waals surface area contributed by atoms with Crippen molar-refractivity contribution in [3.05, 3.63) is 53.3 Å². The summed E-state index contributed by atoms with van der Waals surface area (Å²) < 4.78 is 39.9. The van der Waals surface area contributed by atoms with Crippen LogP contribution >= 0.6 is 0 Å². The van der Waals surface area contributed by atoms with Gasteiger partial charge in [0, 0.05) is 0 Å². The van der Waals surface area contributed by atoms with Gasteiger partial charge in [0.2, 0.25) is 0 Å². The summed E-state index contributed by atoms with van der Waals surface area (Å²) in [5.41, 5.74) is 2.18. The molecule has 0 radical (unpaired) electrons. The van der Waals surface area contributed by atoms with Gasteiger partial charge in [-0.3, -0.25) is 0 Å². The number of hydrogen-bond donors (Lipinski definition) is 1. The van der Waals surface area contributed by atoms with Gasteiger partial charge in [-0.15, -0.1) is 10.2 Å². The largest absolute Gasteiger partial charge is 0.478 e. The van der Waals surface area contributed by atoms with Crippen molar-refractivity contribution in [3.63, 3.8) is 0 Å². The molecule has 24 heavy (non-hydrogen) atoms. The number of aromatic carboxylic acids is 1. The molecule has 3 rings (SSSR count). The van der Waals surface area contributed by atoms with Gasteiger partial charge >= 0.3 is 17.5 Å². The third-order valence-electron chi connectivity index (χ3n) is 3.54. The van der Waals surface area contributed by atoms with E-state index in [0.717, 1.165) is 42.6 Å². The van der Waals surface area contributed by atoms with Gasteiger partial charge in [0.15, 0.2) is 0 Å². The first-order chi connectivity index (χ1) is 11.3. The number of fused-ring (bicyclic) bond motifs is 1. The highest BCUT2D eigenvalue weighted by Gasteiger charge is 2.29. The average Bonchev–Trinajstić information content (AvgIpc) is 2.53. The Morgan fingerprint density at radius 3 is 2.21 bits per heavy atom. The number of aryl methyl sites for hydroxylation is 1. The van der Waals surface area contributed by atoms with Crippen LogP contribution in [0.15, 0.2) is 40.8 Å². The van der Waals surface area contributed by atoms with E-state index in [1.165, 1.54) is 0 Å². The van der Waals surface area contributed by atoms with Crippen molar-refractivity contribution in [1.82, 2.24) is 0 Å². The van der Waals surface area contributed by atoms with E-state index in [4.69, 9.17) is 23.1 Å². The van der Waals surface area contributed by atoms with E-state index in [1.54, 1.807) is 6.07 Å². The lowest BCUT2D eigenvalue weighted by atomic mass is 9.92. The zero-order valence-electron chi connectivity index (χ0n) is 12.6. The van der Waals surface area contributed by atoms with E-state index < -0.39 is 16.2 Å². The van der Waals surface area contributed by atoms with Gasteiger partial charge in [0.05, 0.1) is 29.2 Å². The minimum absolute atomic E-state index is 0.389. The van der Waals surface area contributed by atoms with Crippen LogP contribution < -0.4 is 18.6 Å². The van der Waals surface area contributed by atoms with Gasteiger partial charge in [-0.25, -0.2) is 27.8 Å². The molecule has 7 nitrogen and oxygen atoms in total. The Bertz CT molecular complexity index is 704. The van der Waals surface area contributed by atoms with Crippen LogP contribution in [-0.2, 0) is 12.8 Å². The van der Waals surface area contributed by atoms with Gasteiger partial charge < -0.3 is 5.11 Å². The lowest BCUT2D eigenvalue weighted by molar-refractivity contribution is -2.00. The number of halogens is 1. The van der Waals surface area contributed by atoms with Gasteiger partial charge in [0.25, 0.3) is 0 Å². The second-order valence-electron chi connectivity index (χ2n) is 5.18. The summed E-state index contributed by atoms with van der Waals surface area (Å²) in [6, 6.07) is 11.3. The fourth-order valence-electron chi connectivity index (χ4n) is 2.59. The van der Waals surface area contributed by atoms with E-state index in [0.29, 0.717) is 11.3 Å². The van der Waals surface area contributed by atoms with Crippen LogP contribution in [0.25, 0.3) is 11.3 Å². The summed E-state index contributed by atoms with van der Waals surface area (Å²) >= 11 is 0. The second kappa shape index (κ2) is 7.69. The molecule has 128 valence electrons. The Hall–Kier alpha value is -2.03. The number of benzene rings is 1. The summed E-state index contributed by atoms with van der Waals surface area (Å²) in [6.45, 7) is 0. The molecule has 2 aromatic rings. The van der Waals surface area contributed by atoms with E-state index in [1.807, 2.05) is 30.3 Å². The molecule has 0 atom stereocenters. The standard InChI is InChI=1S/C16H14O3.ClHO4/c17-16(18)13-10-15(11-6-2-1-3-7-11)19-14-9-5-4-8-12(13)14;2-1(3,4)5/h1-3,6-7,10H,4-5,8-9H2;(H,2,3,4,5). The van der Waals surface area contributed by atoms with Crippen LogP contribution in [-0.4, -0.2) is 11.1 Å². The Morgan fingerprint density at radius 2 is 1.62 bits per heavy atom. The number of carbonyl (C=O) groups is 1. The van der Waals surface area contributed by atoms with Crippen LogP contribution in [0.4, 0.5) is 0 Å². The van der Waals surface area contributed by atoms with Crippen molar-refractivity contribution >= 4 is 5.97 Å². The lowest BCUT2D eigenvalue weighted by Crippen LogP contribution is -2.68. The first-order valence-corrected chi connectivity index (χ1v) is 8.38. The van der Waals surface area contributed by atoms with E-state index in [2.05, 4.69) is 0 Å². The summed E-state index contributed by atoms with van der Waals surface area (Å²) in [6.07, 6.45) is 3.73. The summed E-state index contributed by atoms with van der Waals surface area (Å²) in [7, 11) is -4.94. The molecule has 1 N–H and O–H groups in total. The Morgan fingerprint density at radius 1 is 1.04 bits per heavy atom. The number of rotatable bonds is 2. The predicted molar refractivity (Wildman–Crippen MR) is 72.2 cm³/mol. The molecule has 0 bridgehead atoms. The Balaban J connectivity index is 0.000000368. The van der Waals surface area contributed by atoms with Crippen LogP contribution in [0.5, 0.6) is 0 Å². The van der Waals surface area contributed by atoms with Crippen molar-refractivity contribution in [1.29, 1.82) is 0 Å². The maximum absolute atomic E-state index is 11.4. The zero-order chi connectivity index (χ0) is 17.7. The molecule has 0 aliphatic heterocycles. The van der Waals surface area contributed by atoms with E-state index >= 15 is 0 Å². The third kappa shape index (κ3) is 5.26. The first kappa shape index (κ1) is 18.3. The minimum Gasteiger partial charge on any atom is -0.478 e. The molecule has 1 aliphatic rings. The SMILES string of the molecule is O=C(O)c1cc(-c2ccccc2)[o+]c2c1CCCC2.[O-][Cl+3]([O-])([O-])[O-]. The highest BCUT2D eigenvalue weighted by atomic mass is 35.7. The minimum atomic E-state index is -4.94. The normalized spacial score (nSPS) is 13.5. The Kier molecular flexibility index (Phi) is 5.87. The molecular formula is C16H15ClO7. The molecule has 8 heteroatoms. The van der Waals surface area contributed by atoms with Crippen molar-refractivity contribution < 1.29 is 43.2 Å². The number of carboxylic acids is 1.